The Balaban J connectivity index is 1.90. The van der Waals surface area contributed by atoms with Crippen LogP contribution in [-0.2, 0) is 16.1 Å². The van der Waals surface area contributed by atoms with Crippen molar-refractivity contribution in [2.24, 2.45) is 5.73 Å². The van der Waals surface area contributed by atoms with Gasteiger partial charge in [-0.2, -0.15) is 0 Å². The van der Waals surface area contributed by atoms with Gasteiger partial charge in [0.25, 0.3) is 0 Å². The first-order valence-electron chi connectivity index (χ1n) is 9.55. The molecule has 29 heavy (non-hydrogen) atoms. The molecular weight excluding hydrogens is 438 g/mol. The van der Waals surface area contributed by atoms with Crippen LogP contribution in [0.1, 0.15) is 37.7 Å². The van der Waals surface area contributed by atoms with Crippen molar-refractivity contribution < 1.29 is 14.6 Å². The van der Waals surface area contributed by atoms with Crippen LogP contribution in [-0.4, -0.2) is 38.7 Å². The summed E-state index contributed by atoms with van der Waals surface area (Å²) < 4.78 is 7.75. The number of nitrogens with zero attached hydrogens (tertiary/aromatic N) is 2. The smallest absolute Gasteiger partial charge is 0.336 e. The van der Waals surface area contributed by atoms with Gasteiger partial charge in [-0.3, -0.25) is 13.9 Å². The van der Waals surface area contributed by atoms with Crippen molar-refractivity contribution in [2.75, 3.05) is 18.5 Å². The number of carbonyl (C=O) groups is 1. The third-order valence-electron chi connectivity index (χ3n) is 4.17. The molecule has 0 atom stereocenters. The number of aromatic nitrogens is 2. The standard InChI is InChI=1S/C21H26BrN3O4/c22-11-4-1-2-5-12-29-13-6-3-8-17-9-7-10-18(14-17)24-16-20(27)25(21(24)28)15-19(23)26/h7,9-10,14,16,27H,1-2,4-6,11-13,15H2,(H2,23,26). The lowest BCUT2D eigenvalue weighted by atomic mass is 10.2. The van der Waals surface area contributed by atoms with E-state index in [1.54, 1.807) is 18.2 Å². The number of halogens is 1. The lowest BCUT2D eigenvalue weighted by molar-refractivity contribution is -0.118. The Morgan fingerprint density at radius 3 is 2.76 bits per heavy atom. The van der Waals surface area contributed by atoms with Crippen LogP contribution >= 0.6 is 15.9 Å². The maximum atomic E-state index is 12.4. The maximum Gasteiger partial charge on any atom is 0.336 e. The molecule has 8 heteroatoms. The largest absolute Gasteiger partial charge is 0.493 e. The van der Waals surface area contributed by atoms with E-state index < -0.39 is 11.6 Å². The van der Waals surface area contributed by atoms with E-state index in [2.05, 4.69) is 27.8 Å². The van der Waals surface area contributed by atoms with Crippen LogP contribution in [0.4, 0.5) is 0 Å². The van der Waals surface area contributed by atoms with E-state index >= 15 is 0 Å². The first-order valence-corrected chi connectivity index (χ1v) is 10.7. The summed E-state index contributed by atoms with van der Waals surface area (Å²) in [6.07, 6.45) is 6.55. The number of amides is 1. The number of rotatable bonds is 11. The molecule has 0 aliphatic rings. The lowest BCUT2D eigenvalue weighted by Crippen LogP contribution is -2.29. The number of ether oxygens (including phenoxy) is 1. The molecule has 0 fully saturated rings. The summed E-state index contributed by atoms with van der Waals surface area (Å²) in [7, 11) is 0. The highest BCUT2D eigenvalue weighted by Gasteiger charge is 2.13. The van der Waals surface area contributed by atoms with Crippen molar-refractivity contribution in [3.8, 4) is 23.4 Å². The molecule has 156 valence electrons. The number of primary amides is 1. The van der Waals surface area contributed by atoms with Crippen molar-refractivity contribution in [1.82, 2.24) is 9.13 Å². The summed E-state index contributed by atoms with van der Waals surface area (Å²) in [6.45, 7) is 0.969. The van der Waals surface area contributed by atoms with Crippen LogP contribution in [0.3, 0.4) is 0 Å². The maximum absolute atomic E-state index is 12.4. The number of benzene rings is 1. The summed E-state index contributed by atoms with van der Waals surface area (Å²) in [5.74, 6) is 5.09. The van der Waals surface area contributed by atoms with Gasteiger partial charge in [0.2, 0.25) is 11.8 Å². The molecule has 0 bridgehead atoms. The highest BCUT2D eigenvalue weighted by atomic mass is 79.9. The molecule has 1 amide bonds. The molecule has 0 saturated carbocycles. The summed E-state index contributed by atoms with van der Waals surface area (Å²) in [6, 6.07) is 7.08. The molecule has 2 aromatic rings. The van der Waals surface area contributed by atoms with Crippen molar-refractivity contribution in [3.63, 3.8) is 0 Å². The van der Waals surface area contributed by atoms with Gasteiger partial charge >= 0.3 is 5.69 Å². The van der Waals surface area contributed by atoms with Gasteiger partial charge in [-0.25, -0.2) is 4.79 Å². The van der Waals surface area contributed by atoms with Crippen molar-refractivity contribution in [3.05, 3.63) is 46.5 Å². The van der Waals surface area contributed by atoms with E-state index in [1.807, 2.05) is 6.07 Å². The Morgan fingerprint density at radius 2 is 2.00 bits per heavy atom. The van der Waals surface area contributed by atoms with Gasteiger partial charge in [0.1, 0.15) is 6.54 Å². The predicted octanol–water partition coefficient (Wildman–Crippen LogP) is 2.54. The average Bonchev–Trinajstić information content (AvgIpc) is 2.97. The zero-order valence-corrected chi connectivity index (χ0v) is 17.9. The summed E-state index contributed by atoms with van der Waals surface area (Å²) in [5.41, 5.74) is 5.85. The third-order valence-corrected chi connectivity index (χ3v) is 4.73. The second-order valence-electron chi connectivity index (χ2n) is 6.51. The second kappa shape index (κ2) is 12.1. The summed E-state index contributed by atoms with van der Waals surface area (Å²) in [5, 5.41) is 10.9. The number of aromatic hydroxyl groups is 1. The molecule has 7 nitrogen and oxygen atoms in total. The zero-order chi connectivity index (χ0) is 21.1. The number of unbranched alkanes of at least 4 members (excludes halogenated alkanes) is 3. The Morgan fingerprint density at radius 1 is 1.21 bits per heavy atom. The number of nitrogens with two attached hydrogens (primary N) is 1. The van der Waals surface area contributed by atoms with E-state index in [1.165, 1.54) is 30.0 Å². The Kier molecular flexibility index (Phi) is 9.54. The average molecular weight is 464 g/mol. The summed E-state index contributed by atoms with van der Waals surface area (Å²) in [4.78, 5) is 23.4. The van der Waals surface area contributed by atoms with Gasteiger partial charge in [-0.1, -0.05) is 46.7 Å². The summed E-state index contributed by atoms with van der Waals surface area (Å²) >= 11 is 3.42. The minimum atomic E-state index is -0.707. The van der Waals surface area contributed by atoms with E-state index in [0.29, 0.717) is 18.7 Å². The van der Waals surface area contributed by atoms with Gasteiger partial charge in [-0.05, 0) is 31.0 Å². The second-order valence-corrected chi connectivity index (χ2v) is 7.30. The number of carbonyl (C=O) groups excluding carboxylic acids is 1. The van der Waals surface area contributed by atoms with Gasteiger partial charge in [-0.15, -0.1) is 0 Å². The van der Waals surface area contributed by atoms with Gasteiger partial charge in [0.05, 0.1) is 18.5 Å². The molecule has 0 unspecified atom stereocenters. The van der Waals surface area contributed by atoms with Crippen LogP contribution in [0.15, 0.2) is 35.3 Å². The highest BCUT2D eigenvalue weighted by molar-refractivity contribution is 9.09. The quantitative estimate of drug-likeness (QED) is 0.303. The topological polar surface area (TPSA) is 99.5 Å². The van der Waals surface area contributed by atoms with Crippen LogP contribution in [0.5, 0.6) is 5.88 Å². The van der Waals surface area contributed by atoms with E-state index in [-0.39, 0.29) is 12.4 Å². The molecule has 0 aliphatic carbocycles. The fourth-order valence-corrected chi connectivity index (χ4v) is 3.13. The molecule has 1 aromatic heterocycles. The first-order chi connectivity index (χ1) is 14.0. The molecule has 2 rings (SSSR count). The van der Waals surface area contributed by atoms with E-state index in [9.17, 15) is 14.7 Å². The molecule has 1 heterocycles. The van der Waals surface area contributed by atoms with Crippen molar-refractivity contribution in [2.45, 2.75) is 38.6 Å². The number of hydrogen-bond donors (Lipinski definition) is 2. The number of imidazole rings is 1. The Labute approximate surface area is 178 Å². The Hall–Kier alpha value is -2.50. The van der Waals surface area contributed by atoms with Crippen molar-refractivity contribution in [1.29, 1.82) is 0 Å². The number of hydrogen-bond acceptors (Lipinski definition) is 4. The van der Waals surface area contributed by atoms with Gasteiger partial charge < -0.3 is 15.6 Å². The number of alkyl halides is 1. The fraction of sp³-hybridized carbons (Fsp3) is 0.429. The first kappa shape index (κ1) is 22.8. The molecule has 3 N–H and O–H groups in total. The fourth-order valence-electron chi connectivity index (χ4n) is 2.73. The Bertz CT molecular complexity index is 924. The molecule has 0 saturated heterocycles. The molecular formula is C21H26BrN3O4. The molecule has 0 spiro atoms. The molecule has 0 aliphatic heterocycles. The van der Waals surface area contributed by atoms with E-state index in [0.717, 1.165) is 28.5 Å². The van der Waals surface area contributed by atoms with Gasteiger partial charge in [0, 0.05) is 23.9 Å². The third kappa shape index (κ3) is 7.44. The van der Waals surface area contributed by atoms with Crippen LogP contribution < -0.4 is 11.4 Å². The van der Waals surface area contributed by atoms with Gasteiger partial charge in [0.15, 0.2) is 0 Å². The van der Waals surface area contributed by atoms with Crippen LogP contribution in [0, 0.1) is 11.8 Å². The monoisotopic (exact) mass is 463 g/mol. The minimum absolute atomic E-state index is 0.324. The lowest BCUT2D eigenvalue weighted by Gasteiger charge is -2.02. The predicted molar refractivity (Wildman–Crippen MR) is 115 cm³/mol. The normalized spacial score (nSPS) is 10.5. The van der Waals surface area contributed by atoms with Crippen LogP contribution in [0.25, 0.3) is 5.69 Å². The zero-order valence-electron chi connectivity index (χ0n) is 16.3. The molecule has 0 radical (unpaired) electrons. The van der Waals surface area contributed by atoms with E-state index in [4.69, 9.17) is 10.5 Å². The van der Waals surface area contributed by atoms with Crippen molar-refractivity contribution >= 4 is 21.8 Å². The van der Waals surface area contributed by atoms with Crippen LogP contribution in [0.2, 0.25) is 0 Å². The minimum Gasteiger partial charge on any atom is -0.493 e. The SMILES string of the molecule is NC(=O)Cn1c(O)cn(-c2cccc(C#CCCOCCCCCCBr)c2)c1=O. The molecule has 1 aromatic carbocycles. The highest BCUT2D eigenvalue weighted by Crippen LogP contribution is 2.13.